The number of nitrogens with zero attached hydrogens (tertiary/aromatic N) is 1. The Labute approximate surface area is 96.1 Å². The number of rotatable bonds is 4. The molecule has 3 heteroatoms. The van der Waals surface area contributed by atoms with Gasteiger partial charge in [-0.1, -0.05) is 19.8 Å². The molecule has 1 aliphatic rings. The van der Waals surface area contributed by atoms with Crippen LogP contribution in [0, 0.1) is 5.92 Å². The lowest BCUT2D eigenvalue weighted by Crippen LogP contribution is -2.34. The van der Waals surface area contributed by atoms with Crippen LogP contribution in [0.4, 0.5) is 0 Å². The van der Waals surface area contributed by atoms with Gasteiger partial charge in [-0.3, -0.25) is 0 Å². The summed E-state index contributed by atoms with van der Waals surface area (Å²) in [5.41, 5.74) is 0. The highest BCUT2D eigenvalue weighted by Crippen LogP contribution is 2.30. The highest BCUT2D eigenvalue weighted by molar-refractivity contribution is 7.09. The zero-order valence-corrected chi connectivity index (χ0v) is 10.4. The first-order valence-corrected chi connectivity index (χ1v) is 6.84. The first kappa shape index (κ1) is 11.1. The van der Waals surface area contributed by atoms with Crippen LogP contribution in [0.25, 0.3) is 0 Å². The molecule has 1 heterocycles. The fraction of sp³-hybridized carbons (Fsp3) is 0.750. The van der Waals surface area contributed by atoms with Gasteiger partial charge < -0.3 is 5.32 Å². The molecule has 0 bridgehead atoms. The Morgan fingerprint density at radius 1 is 1.60 bits per heavy atom. The number of nitrogens with one attached hydrogen (secondary N) is 1. The summed E-state index contributed by atoms with van der Waals surface area (Å²) in [7, 11) is 0. The molecule has 84 valence electrons. The molecule has 2 nitrogen and oxygen atoms in total. The Bertz CT molecular complexity index is 284. The Morgan fingerprint density at radius 3 is 3.13 bits per heavy atom. The fourth-order valence-electron chi connectivity index (χ4n) is 2.59. The van der Waals surface area contributed by atoms with E-state index < -0.39 is 0 Å². The van der Waals surface area contributed by atoms with Crippen LogP contribution in [0.15, 0.2) is 11.6 Å². The normalized spacial score (nSPS) is 28.1. The Morgan fingerprint density at radius 2 is 2.47 bits per heavy atom. The highest BCUT2D eigenvalue weighted by Gasteiger charge is 2.27. The van der Waals surface area contributed by atoms with Gasteiger partial charge in [0.1, 0.15) is 5.01 Å². The molecule has 1 aromatic rings. The zero-order chi connectivity index (χ0) is 10.7. The number of hydrogen-bond acceptors (Lipinski definition) is 3. The molecule has 3 atom stereocenters. The van der Waals surface area contributed by atoms with Gasteiger partial charge in [-0.25, -0.2) is 4.98 Å². The molecule has 0 aliphatic heterocycles. The predicted octanol–water partition coefficient (Wildman–Crippen LogP) is 3.37. The average Bonchev–Trinajstić information content (AvgIpc) is 2.87. The third-order valence-electron chi connectivity index (χ3n) is 3.47. The van der Waals surface area contributed by atoms with Gasteiger partial charge in [-0.05, 0) is 25.7 Å². The van der Waals surface area contributed by atoms with Crippen LogP contribution in [0.3, 0.4) is 0 Å². The van der Waals surface area contributed by atoms with Crippen molar-refractivity contribution >= 4 is 11.3 Å². The predicted molar refractivity (Wildman–Crippen MR) is 65.1 cm³/mol. The largest absolute Gasteiger partial charge is 0.305 e. The van der Waals surface area contributed by atoms with E-state index in [2.05, 4.69) is 29.5 Å². The zero-order valence-electron chi connectivity index (χ0n) is 9.57. The smallest absolute Gasteiger partial charge is 0.109 e. The first-order valence-electron chi connectivity index (χ1n) is 5.96. The van der Waals surface area contributed by atoms with Crippen LogP contribution in [0.2, 0.25) is 0 Å². The molecule has 0 saturated heterocycles. The number of hydrogen-bond donors (Lipinski definition) is 1. The van der Waals surface area contributed by atoms with Crippen LogP contribution >= 0.6 is 11.3 Å². The van der Waals surface area contributed by atoms with Gasteiger partial charge >= 0.3 is 0 Å². The standard InChI is InChI=1S/C12H20N2S/c1-3-10-5-4-6-11(10)14-9(2)12-13-7-8-15-12/h7-11,14H,3-6H2,1-2H3. The van der Waals surface area contributed by atoms with Crippen molar-refractivity contribution in [2.24, 2.45) is 5.92 Å². The number of aromatic nitrogens is 1. The summed E-state index contributed by atoms with van der Waals surface area (Å²) >= 11 is 1.75. The summed E-state index contributed by atoms with van der Waals surface area (Å²) in [6.07, 6.45) is 7.33. The van der Waals surface area contributed by atoms with Gasteiger partial charge in [-0.2, -0.15) is 0 Å². The van der Waals surface area contributed by atoms with E-state index in [1.165, 1.54) is 30.7 Å². The molecular formula is C12H20N2S. The molecule has 0 spiro atoms. The van der Waals surface area contributed by atoms with Gasteiger partial charge in [-0.15, -0.1) is 11.3 Å². The van der Waals surface area contributed by atoms with E-state index in [0.717, 1.165) is 5.92 Å². The van der Waals surface area contributed by atoms with Crippen LogP contribution in [-0.2, 0) is 0 Å². The van der Waals surface area contributed by atoms with Crippen molar-refractivity contribution < 1.29 is 0 Å². The highest BCUT2D eigenvalue weighted by atomic mass is 32.1. The van der Waals surface area contributed by atoms with E-state index in [4.69, 9.17) is 0 Å². The van der Waals surface area contributed by atoms with Crippen molar-refractivity contribution in [3.8, 4) is 0 Å². The van der Waals surface area contributed by atoms with E-state index in [1.54, 1.807) is 11.3 Å². The van der Waals surface area contributed by atoms with E-state index in [-0.39, 0.29) is 0 Å². The lowest BCUT2D eigenvalue weighted by Gasteiger charge is -2.23. The van der Waals surface area contributed by atoms with Gasteiger partial charge in [0.05, 0.1) is 6.04 Å². The average molecular weight is 224 g/mol. The molecule has 1 fully saturated rings. The molecule has 0 amide bonds. The Kier molecular flexibility index (Phi) is 3.76. The van der Waals surface area contributed by atoms with E-state index in [9.17, 15) is 0 Å². The quantitative estimate of drug-likeness (QED) is 0.848. The summed E-state index contributed by atoms with van der Waals surface area (Å²) in [5.74, 6) is 0.882. The van der Waals surface area contributed by atoms with Gasteiger partial charge in [0.15, 0.2) is 0 Å². The van der Waals surface area contributed by atoms with Gasteiger partial charge in [0.2, 0.25) is 0 Å². The summed E-state index contributed by atoms with van der Waals surface area (Å²) in [4.78, 5) is 4.37. The fourth-order valence-corrected chi connectivity index (χ4v) is 3.24. The van der Waals surface area contributed by atoms with Crippen LogP contribution in [0.5, 0.6) is 0 Å². The number of thiazole rings is 1. The SMILES string of the molecule is CCC1CCCC1NC(C)c1nccs1. The molecule has 1 N–H and O–H groups in total. The monoisotopic (exact) mass is 224 g/mol. The minimum absolute atomic E-state index is 0.419. The van der Waals surface area contributed by atoms with Crippen LogP contribution in [-0.4, -0.2) is 11.0 Å². The summed E-state index contributed by atoms with van der Waals surface area (Å²) in [5, 5.41) is 7.00. The molecule has 1 aliphatic carbocycles. The van der Waals surface area contributed by atoms with Crippen molar-refractivity contribution in [1.82, 2.24) is 10.3 Å². The lowest BCUT2D eigenvalue weighted by atomic mass is 10.00. The maximum atomic E-state index is 4.37. The van der Waals surface area contributed by atoms with Crippen molar-refractivity contribution in [3.63, 3.8) is 0 Å². The minimum Gasteiger partial charge on any atom is -0.305 e. The minimum atomic E-state index is 0.419. The first-order chi connectivity index (χ1) is 7.31. The molecule has 1 saturated carbocycles. The van der Waals surface area contributed by atoms with E-state index in [0.29, 0.717) is 12.1 Å². The molecule has 1 aromatic heterocycles. The molecule has 3 unspecified atom stereocenters. The Balaban J connectivity index is 1.91. The third-order valence-corrected chi connectivity index (χ3v) is 4.43. The van der Waals surface area contributed by atoms with Crippen LogP contribution < -0.4 is 5.32 Å². The second-order valence-electron chi connectivity index (χ2n) is 4.46. The topological polar surface area (TPSA) is 24.9 Å². The van der Waals surface area contributed by atoms with E-state index >= 15 is 0 Å². The van der Waals surface area contributed by atoms with Crippen molar-refractivity contribution in [2.75, 3.05) is 0 Å². The third kappa shape index (κ3) is 2.58. The summed E-state index contributed by atoms with van der Waals surface area (Å²) in [6.45, 7) is 4.53. The molecular weight excluding hydrogens is 204 g/mol. The van der Waals surface area contributed by atoms with E-state index in [1.807, 2.05) is 6.20 Å². The second kappa shape index (κ2) is 5.08. The van der Waals surface area contributed by atoms with Crippen molar-refractivity contribution in [1.29, 1.82) is 0 Å². The van der Waals surface area contributed by atoms with Crippen molar-refractivity contribution in [3.05, 3.63) is 16.6 Å². The lowest BCUT2D eigenvalue weighted by molar-refractivity contribution is 0.360. The van der Waals surface area contributed by atoms with Crippen molar-refractivity contribution in [2.45, 2.75) is 51.6 Å². The molecule has 2 rings (SSSR count). The molecule has 0 aromatic carbocycles. The summed E-state index contributed by atoms with van der Waals surface area (Å²) < 4.78 is 0. The Hall–Kier alpha value is -0.410. The summed E-state index contributed by atoms with van der Waals surface area (Å²) in [6, 6.07) is 1.14. The molecule has 15 heavy (non-hydrogen) atoms. The maximum Gasteiger partial charge on any atom is 0.109 e. The molecule has 0 radical (unpaired) electrons. The second-order valence-corrected chi connectivity index (χ2v) is 5.39. The van der Waals surface area contributed by atoms with Crippen LogP contribution in [0.1, 0.15) is 50.6 Å². The van der Waals surface area contributed by atoms with Gasteiger partial charge in [0.25, 0.3) is 0 Å². The maximum absolute atomic E-state index is 4.37. The van der Waals surface area contributed by atoms with Gasteiger partial charge in [0, 0.05) is 17.6 Å².